The third kappa shape index (κ3) is 16.8. The minimum atomic E-state index is -1.38. The molecule has 0 aliphatic carbocycles. The topological polar surface area (TPSA) is 184 Å². The van der Waals surface area contributed by atoms with Crippen LogP contribution in [0, 0.1) is 29.6 Å². The van der Waals surface area contributed by atoms with Crippen molar-refractivity contribution in [3.05, 3.63) is 83.7 Å². The quantitative estimate of drug-likeness (QED) is 0.0693. The van der Waals surface area contributed by atoms with Crippen molar-refractivity contribution in [2.75, 3.05) is 46.1 Å². The number of aryl methyl sites for hydroxylation is 2. The van der Waals surface area contributed by atoms with Crippen molar-refractivity contribution in [2.45, 2.75) is 123 Å². The van der Waals surface area contributed by atoms with Gasteiger partial charge in [-0.1, -0.05) is 93.6 Å². The van der Waals surface area contributed by atoms with E-state index in [1.54, 1.807) is 38.7 Å². The molecule has 15 heteroatoms. The number of Topliss-reactive ketones (excluding diaryl/α,β-unsaturated/α-hetero) is 2. The molecule has 1 aromatic heterocycles. The molecule has 2 saturated heterocycles. The highest BCUT2D eigenvalue weighted by Crippen LogP contribution is 2.31. The number of carbonyl (C=O) groups excluding carboxylic acids is 5. The highest BCUT2D eigenvalue weighted by Gasteiger charge is 2.50. The van der Waals surface area contributed by atoms with E-state index < -0.39 is 47.0 Å². The van der Waals surface area contributed by atoms with Gasteiger partial charge < -0.3 is 29.6 Å². The van der Waals surface area contributed by atoms with Gasteiger partial charge in [0.1, 0.15) is 17.1 Å². The van der Waals surface area contributed by atoms with Crippen LogP contribution in [0.2, 0.25) is 0 Å². The lowest BCUT2D eigenvalue weighted by Crippen LogP contribution is -2.51. The molecule has 2 fully saturated rings. The average Bonchev–Trinajstić information content (AvgIpc) is 3.90. The Kier molecular flexibility index (Phi) is 19.6. The molecule has 0 bridgehead atoms. The van der Waals surface area contributed by atoms with Crippen LogP contribution in [-0.2, 0) is 69.4 Å². The van der Waals surface area contributed by atoms with Crippen molar-refractivity contribution in [1.82, 2.24) is 30.5 Å². The van der Waals surface area contributed by atoms with Crippen molar-refractivity contribution in [2.24, 2.45) is 36.6 Å². The summed E-state index contributed by atoms with van der Waals surface area (Å²) >= 11 is 0. The molecule has 15 nitrogen and oxygen atoms in total. The molecule has 5 rings (SSSR count). The molecule has 66 heavy (non-hydrogen) atoms. The number of rotatable bonds is 28. The number of benzene rings is 2. The van der Waals surface area contributed by atoms with Gasteiger partial charge in [-0.25, -0.2) is 4.79 Å². The second-order valence-electron chi connectivity index (χ2n) is 19.8. The van der Waals surface area contributed by atoms with Crippen molar-refractivity contribution >= 4 is 29.4 Å². The van der Waals surface area contributed by atoms with E-state index in [1.807, 2.05) is 74.5 Å². The number of ketones is 2. The van der Waals surface area contributed by atoms with Crippen LogP contribution in [0.1, 0.15) is 97.4 Å². The monoisotopic (exact) mass is 915 g/mol. The van der Waals surface area contributed by atoms with Crippen LogP contribution < -0.4 is 10.6 Å². The zero-order chi connectivity index (χ0) is 47.9. The molecule has 2 aliphatic heterocycles. The lowest BCUT2D eigenvalue weighted by molar-refractivity contribution is -0.171. The predicted molar refractivity (Wildman–Crippen MR) is 250 cm³/mol. The number of ether oxygens (including phenoxy) is 4. The van der Waals surface area contributed by atoms with E-state index in [9.17, 15) is 24.0 Å². The maximum Gasteiger partial charge on any atom is 0.337 e. The van der Waals surface area contributed by atoms with Crippen LogP contribution in [0.25, 0.3) is 0 Å². The standard InChI is InChI=1S/C51H74N6O9/c1-35(2)25-44(52-47(60)39(20-19-37-15-11-9-12-16-37)29-43(58)31-57-21-23-63-24-22-57)41(32-64-49(62)50(5,6)65-33-42-30-56(8)55-54-42)28-40(27-38-17-13-10-14-18-38)48(61)53-45(26-36(3)4)46(59)51(7)34-66-51/h9-18,30,35-36,39-41,44-45H,19-29,31-34H2,1-8H3,(H,52,60)(H,53,61)/t39-,40-,41?,44+,45+,51-/m1/s1. The van der Waals surface area contributed by atoms with Gasteiger partial charge in [-0.15, -0.1) is 5.10 Å². The molecule has 2 aromatic carbocycles. The van der Waals surface area contributed by atoms with Gasteiger partial charge in [0.2, 0.25) is 11.8 Å². The Morgan fingerprint density at radius 2 is 1.47 bits per heavy atom. The third-order valence-electron chi connectivity index (χ3n) is 12.5. The molecule has 2 N–H and O–H groups in total. The van der Waals surface area contributed by atoms with E-state index in [4.69, 9.17) is 18.9 Å². The number of amides is 2. The summed E-state index contributed by atoms with van der Waals surface area (Å²) < 4.78 is 24.8. The van der Waals surface area contributed by atoms with Crippen molar-refractivity contribution in [1.29, 1.82) is 0 Å². The molecule has 1 unspecified atom stereocenters. The van der Waals surface area contributed by atoms with Crippen molar-refractivity contribution in [3.8, 4) is 0 Å². The number of aromatic nitrogens is 3. The van der Waals surface area contributed by atoms with Crippen LogP contribution in [0.5, 0.6) is 0 Å². The number of epoxide rings is 1. The maximum atomic E-state index is 14.8. The Morgan fingerprint density at radius 1 is 0.848 bits per heavy atom. The molecule has 0 spiro atoms. The van der Waals surface area contributed by atoms with Gasteiger partial charge in [-0.3, -0.25) is 28.8 Å². The molecule has 362 valence electrons. The number of hydrogen-bond donors (Lipinski definition) is 2. The first kappa shape index (κ1) is 52.1. The minimum absolute atomic E-state index is 0.0183. The summed E-state index contributed by atoms with van der Waals surface area (Å²) in [5.74, 6) is -3.08. The van der Waals surface area contributed by atoms with Crippen molar-refractivity contribution in [3.63, 3.8) is 0 Å². The fourth-order valence-electron chi connectivity index (χ4n) is 8.48. The van der Waals surface area contributed by atoms with Gasteiger partial charge in [0, 0.05) is 50.4 Å². The highest BCUT2D eigenvalue weighted by molar-refractivity contribution is 5.96. The lowest BCUT2D eigenvalue weighted by atomic mass is 9.81. The number of nitrogens with zero attached hydrogens (tertiary/aromatic N) is 4. The summed E-state index contributed by atoms with van der Waals surface area (Å²) in [5.41, 5.74) is 0.213. The molecule has 6 atom stereocenters. The molecule has 0 radical (unpaired) electrons. The van der Waals surface area contributed by atoms with Gasteiger partial charge in [-0.2, -0.15) is 0 Å². The molecular weight excluding hydrogens is 841 g/mol. The van der Waals surface area contributed by atoms with E-state index in [-0.39, 0.29) is 67.8 Å². The molecule has 3 heterocycles. The van der Waals surface area contributed by atoms with Gasteiger partial charge in [0.15, 0.2) is 11.4 Å². The number of hydrogen-bond acceptors (Lipinski definition) is 12. The van der Waals surface area contributed by atoms with Gasteiger partial charge in [0.25, 0.3) is 0 Å². The average molecular weight is 915 g/mol. The smallest absolute Gasteiger partial charge is 0.337 e. The van der Waals surface area contributed by atoms with Crippen LogP contribution in [-0.4, -0.2) is 119 Å². The lowest BCUT2D eigenvalue weighted by Gasteiger charge is -2.34. The Morgan fingerprint density at radius 3 is 2.06 bits per heavy atom. The second kappa shape index (κ2) is 24.8. The Hall–Kier alpha value is -4.83. The van der Waals surface area contributed by atoms with Gasteiger partial charge in [-0.05, 0) is 82.3 Å². The first-order valence-electron chi connectivity index (χ1n) is 23.8. The zero-order valence-corrected chi connectivity index (χ0v) is 40.5. The van der Waals surface area contributed by atoms with Gasteiger partial charge in [0.05, 0.1) is 51.8 Å². The normalized spacial score (nSPS) is 18.8. The third-order valence-corrected chi connectivity index (χ3v) is 12.5. The molecular formula is C51H74N6O9. The highest BCUT2D eigenvalue weighted by atomic mass is 16.6. The molecule has 2 amide bonds. The molecule has 3 aromatic rings. The van der Waals surface area contributed by atoms with E-state index in [0.717, 1.165) is 11.1 Å². The first-order valence-corrected chi connectivity index (χ1v) is 23.8. The fourth-order valence-corrected chi connectivity index (χ4v) is 8.48. The van der Waals surface area contributed by atoms with E-state index in [0.29, 0.717) is 70.7 Å². The van der Waals surface area contributed by atoms with Crippen LogP contribution >= 0.6 is 0 Å². The zero-order valence-electron chi connectivity index (χ0n) is 40.5. The first-order chi connectivity index (χ1) is 31.4. The summed E-state index contributed by atoms with van der Waals surface area (Å²) in [6.45, 7) is 16.0. The summed E-state index contributed by atoms with van der Waals surface area (Å²) in [6, 6.07) is 18.2. The maximum absolute atomic E-state index is 14.8. The Bertz CT molecular complexity index is 2010. The van der Waals surface area contributed by atoms with E-state index in [1.165, 1.54) is 0 Å². The fraction of sp³-hybridized carbons (Fsp3) is 0.627. The largest absolute Gasteiger partial charge is 0.463 e. The summed E-state index contributed by atoms with van der Waals surface area (Å²) in [4.78, 5) is 73.0. The van der Waals surface area contributed by atoms with Crippen LogP contribution in [0.15, 0.2) is 66.9 Å². The van der Waals surface area contributed by atoms with Crippen LogP contribution in [0.3, 0.4) is 0 Å². The SMILES string of the molecule is CC(C)C[C@H](NC(=O)[C@H](Cc1ccccc1)CC(COC(=O)C(C)(C)OCc1cn(C)nn1)[C@H](CC(C)C)NC(=O)[C@H](CCc1ccccc1)CC(=O)CN1CCOCC1)C(=O)[C@@]1(C)CO1. The summed E-state index contributed by atoms with van der Waals surface area (Å²) in [6.07, 6.45) is 4.28. The number of esters is 1. The second-order valence-corrected chi connectivity index (χ2v) is 19.8. The molecule has 2 aliphatic rings. The number of morpholine rings is 1. The molecule has 0 saturated carbocycles. The minimum Gasteiger partial charge on any atom is -0.463 e. The van der Waals surface area contributed by atoms with Gasteiger partial charge >= 0.3 is 5.97 Å². The number of nitrogens with one attached hydrogen (secondary N) is 2. The van der Waals surface area contributed by atoms with Crippen LogP contribution in [0.4, 0.5) is 0 Å². The van der Waals surface area contributed by atoms with E-state index in [2.05, 4.69) is 39.7 Å². The number of carbonyl (C=O) groups is 5. The Balaban J connectivity index is 1.45. The summed E-state index contributed by atoms with van der Waals surface area (Å²) in [7, 11) is 1.74. The van der Waals surface area contributed by atoms with E-state index >= 15 is 0 Å². The Labute approximate surface area is 391 Å². The predicted octanol–water partition coefficient (Wildman–Crippen LogP) is 5.48. The van der Waals surface area contributed by atoms with Crippen molar-refractivity contribution < 1.29 is 42.9 Å². The summed E-state index contributed by atoms with van der Waals surface area (Å²) in [5, 5.41) is 14.5.